The quantitative estimate of drug-likeness (QED) is 0.910. The lowest BCUT2D eigenvalue weighted by Crippen LogP contribution is -1.98. The molecule has 0 heterocycles. The number of aryl methyl sites for hydroxylation is 2. The van der Waals surface area contributed by atoms with E-state index in [2.05, 4.69) is 35.0 Å². The Labute approximate surface area is 98.4 Å². The van der Waals surface area contributed by atoms with E-state index in [4.69, 9.17) is 5.11 Å². The first kappa shape index (κ1) is 12.2. The Bertz CT molecular complexity index is 372. The molecule has 1 aromatic rings. The van der Waals surface area contributed by atoms with E-state index in [0.717, 1.165) is 10.9 Å². The van der Waals surface area contributed by atoms with Gasteiger partial charge in [-0.05, 0) is 49.4 Å². The van der Waals surface area contributed by atoms with Gasteiger partial charge in [0, 0.05) is 10.9 Å². The fourth-order valence-electron chi connectivity index (χ4n) is 1.58. The van der Waals surface area contributed by atoms with E-state index in [1.807, 2.05) is 6.92 Å². The summed E-state index contributed by atoms with van der Waals surface area (Å²) in [6, 6.07) is 4.21. The molecule has 3 heteroatoms. The second-order valence-electron chi connectivity index (χ2n) is 3.78. The van der Waals surface area contributed by atoms with Crippen molar-refractivity contribution in [3.05, 3.63) is 33.3 Å². The van der Waals surface area contributed by atoms with Crippen molar-refractivity contribution in [2.24, 2.45) is 0 Å². The Morgan fingerprint density at radius 1 is 1.40 bits per heavy atom. The van der Waals surface area contributed by atoms with Gasteiger partial charge in [-0.3, -0.25) is 4.79 Å². The van der Waals surface area contributed by atoms with Crippen LogP contribution in [0.2, 0.25) is 0 Å². The van der Waals surface area contributed by atoms with Crippen molar-refractivity contribution >= 4 is 21.9 Å². The van der Waals surface area contributed by atoms with E-state index in [9.17, 15) is 4.79 Å². The number of carbonyl (C=O) groups is 1. The Balaban J connectivity index is 2.72. The minimum absolute atomic E-state index is 0.241. The Morgan fingerprint density at radius 3 is 2.67 bits per heavy atom. The molecule has 0 spiro atoms. The SMILES string of the molecule is Cc1cc(Br)c(C)c(CCCC(=O)O)c1. The van der Waals surface area contributed by atoms with Crippen LogP contribution in [0, 0.1) is 13.8 Å². The summed E-state index contributed by atoms with van der Waals surface area (Å²) in [5.41, 5.74) is 3.66. The Kier molecular flexibility index (Phi) is 4.33. The van der Waals surface area contributed by atoms with Crippen LogP contribution in [0.1, 0.15) is 29.5 Å². The van der Waals surface area contributed by atoms with Crippen molar-refractivity contribution in [2.45, 2.75) is 33.1 Å². The third-order valence-electron chi connectivity index (χ3n) is 2.43. The van der Waals surface area contributed by atoms with Crippen LogP contribution in [0.5, 0.6) is 0 Å². The zero-order chi connectivity index (χ0) is 11.4. The molecule has 0 radical (unpaired) electrons. The fraction of sp³-hybridized carbons (Fsp3) is 0.417. The summed E-state index contributed by atoms with van der Waals surface area (Å²) < 4.78 is 1.10. The Morgan fingerprint density at radius 2 is 2.07 bits per heavy atom. The molecular weight excluding hydrogens is 256 g/mol. The van der Waals surface area contributed by atoms with E-state index in [0.29, 0.717) is 6.42 Å². The molecule has 1 aromatic carbocycles. The van der Waals surface area contributed by atoms with Gasteiger partial charge in [-0.1, -0.05) is 22.0 Å². The number of hydrogen-bond acceptors (Lipinski definition) is 1. The van der Waals surface area contributed by atoms with Crippen LogP contribution in [-0.4, -0.2) is 11.1 Å². The number of halogens is 1. The highest BCUT2D eigenvalue weighted by atomic mass is 79.9. The van der Waals surface area contributed by atoms with Crippen LogP contribution >= 0.6 is 15.9 Å². The van der Waals surface area contributed by atoms with E-state index in [1.165, 1.54) is 16.7 Å². The van der Waals surface area contributed by atoms with Gasteiger partial charge < -0.3 is 5.11 Å². The summed E-state index contributed by atoms with van der Waals surface area (Å²) in [6.45, 7) is 4.10. The van der Waals surface area contributed by atoms with Gasteiger partial charge in [0.2, 0.25) is 0 Å². The van der Waals surface area contributed by atoms with Gasteiger partial charge in [-0.15, -0.1) is 0 Å². The van der Waals surface area contributed by atoms with Gasteiger partial charge in [0.15, 0.2) is 0 Å². The first-order valence-electron chi connectivity index (χ1n) is 4.98. The summed E-state index contributed by atoms with van der Waals surface area (Å²) in [7, 11) is 0. The van der Waals surface area contributed by atoms with Crippen LogP contribution in [0.4, 0.5) is 0 Å². The maximum Gasteiger partial charge on any atom is 0.303 e. The molecular formula is C12H15BrO2. The van der Waals surface area contributed by atoms with Gasteiger partial charge in [-0.25, -0.2) is 0 Å². The second kappa shape index (κ2) is 5.31. The molecule has 0 aliphatic rings. The summed E-state index contributed by atoms with van der Waals surface area (Å²) in [5.74, 6) is -0.723. The van der Waals surface area contributed by atoms with Crippen LogP contribution in [0.15, 0.2) is 16.6 Å². The first-order chi connectivity index (χ1) is 7.00. The number of hydrogen-bond donors (Lipinski definition) is 1. The van der Waals surface area contributed by atoms with Crippen molar-refractivity contribution in [1.82, 2.24) is 0 Å². The third kappa shape index (κ3) is 3.67. The van der Waals surface area contributed by atoms with Crippen molar-refractivity contribution < 1.29 is 9.90 Å². The number of benzene rings is 1. The molecule has 0 aromatic heterocycles. The van der Waals surface area contributed by atoms with E-state index in [-0.39, 0.29) is 6.42 Å². The second-order valence-corrected chi connectivity index (χ2v) is 4.63. The molecule has 0 aliphatic heterocycles. The van der Waals surface area contributed by atoms with Crippen LogP contribution in [-0.2, 0) is 11.2 Å². The summed E-state index contributed by atoms with van der Waals surface area (Å²) in [6.07, 6.45) is 1.77. The minimum atomic E-state index is -0.723. The molecule has 0 saturated heterocycles. The average Bonchev–Trinajstić information content (AvgIpc) is 2.12. The van der Waals surface area contributed by atoms with E-state index < -0.39 is 5.97 Å². The highest BCUT2D eigenvalue weighted by Gasteiger charge is 2.05. The van der Waals surface area contributed by atoms with Crippen molar-refractivity contribution in [3.63, 3.8) is 0 Å². The molecule has 0 fully saturated rings. The summed E-state index contributed by atoms with van der Waals surface area (Å²) in [4.78, 5) is 10.4. The van der Waals surface area contributed by atoms with E-state index >= 15 is 0 Å². The van der Waals surface area contributed by atoms with Gasteiger partial charge in [0.05, 0.1) is 0 Å². The molecule has 0 saturated carbocycles. The molecule has 0 atom stereocenters. The molecule has 0 amide bonds. The minimum Gasteiger partial charge on any atom is -0.481 e. The highest BCUT2D eigenvalue weighted by Crippen LogP contribution is 2.23. The zero-order valence-electron chi connectivity index (χ0n) is 9.01. The number of aliphatic carboxylic acids is 1. The predicted octanol–water partition coefficient (Wildman–Crippen LogP) is 3.47. The van der Waals surface area contributed by atoms with Gasteiger partial charge >= 0.3 is 5.97 Å². The normalized spacial score (nSPS) is 10.3. The summed E-state index contributed by atoms with van der Waals surface area (Å²) >= 11 is 3.50. The lowest BCUT2D eigenvalue weighted by molar-refractivity contribution is -0.137. The standard InChI is InChI=1S/C12H15BrO2/c1-8-6-10(4-3-5-12(14)15)9(2)11(13)7-8/h6-7H,3-5H2,1-2H3,(H,14,15). The fourth-order valence-corrected chi connectivity index (χ4v) is 2.19. The monoisotopic (exact) mass is 270 g/mol. The molecule has 1 rings (SSSR count). The predicted molar refractivity (Wildman–Crippen MR) is 64.2 cm³/mol. The number of rotatable bonds is 4. The van der Waals surface area contributed by atoms with Crippen LogP contribution in [0.25, 0.3) is 0 Å². The van der Waals surface area contributed by atoms with Crippen molar-refractivity contribution in [2.75, 3.05) is 0 Å². The van der Waals surface area contributed by atoms with Crippen molar-refractivity contribution in [3.8, 4) is 0 Å². The maximum absolute atomic E-state index is 10.4. The molecule has 0 unspecified atom stereocenters. The van der Waals surface area contributed by atoms with Gasteiger partial charge in [0.1, 0.15) is 0 Å². The van der Waals surface area contributed by atoms with Gasteiger partial charge in [-0.2, -0.15) is 0 Å². The number of carboxylic acid groups (broad SMARTS) is 1. The first-order valence-corrected chi connectivity index (χ1v) is 5.77. The lowest BCUT2D eigenvalue weighted by atomic mass is 10.0. The zero-order valence-corrected chi connectivity index (χ0v) is 10.6. The number of carboxylic acids is 1. The third-order valence-corrected chi connectivity index (χ3v) is 3.26. The Hall–Kier alpha value is -0.830. The maximum atomic E-state index is 10.4. The van der Waals surface area contributed by atoms with Crippen LogP contribution < -0.4 is 0 Å². The smallest absolute Gasteiger partial charge is 0.303 e. The molecule has 0 bridgehead atoms. The van der Waals surface area contributed by atoms with E-state index in [1.54, 1.807) is 0 Å². The topological polar surface area (TPSA) is 37.3 Å². The molecule has 0 aliphatic carbocycles. The highest BCUT2D eigenvalue weighted by molar-refractivity contribution is 9.10. The molecule has 15 heavy (non-hydrogen) atoms. The summed E-state index contributed by atoms with van der Waals surface area (Å²) in [5, 5.41) is 8.56. The van der Waals surface area contributed by atoms with Gasteiger partial charge in [0.25, 0.3) is 0 Å². The molecule has 82 valence electrons. The molecule has 1 N–H and O–H groups in total. The lowest BCUT2D eigenvalue weighted by Gasteiger charge is -2.08. The largest absolute Gasteiger partial charge is 0.481 e. The molecule has 2 nitrogen and oxygen atoms in total. The average molecular weight is 271 g/mol. The van der Waals surface area contributed by atoms with Crippen LogP contribution in [0.3, 0.4) is 0 Å². The van der Waals surface area contributed by atoms with Crippen molar-refractivity contribution in [1.29, 1.82) is 0 Å².